The molecule has 0 bridgehead atoms. The maximum absolute atomic E-state index is 12.4. The van der Waals surface area contributed by atoms with E-state index in [1.807, 2.05) is 0 Å². The van der Waals surface area contributed by atoms with E-state index >= 15 is 0 Å². The molecule has 0 saturated carbocycles. The molecule has 0 aliphatic heterocycles. The van der Waals surface area contributed by atoms with Crippen LogP contribution in [0.15, 0.2) is 58.3 Å². The summed E-state index contributed by atoms with van der Waals surface area (Å²) in [6, 6.07) is 12.1. The van der Waals surface area contributed by atoms with Crippen molar-refractivity contribution in [3.63, 3.8) is 0 Å². The Balaban J connectivity index is 2.20. The molecule has 0 unspecified atom stereocenters. The number of nitrogens with one attached hydrogen (secondary N) is 1. The number of hydrogen-bond acceptors (Lipinski definition) is 4. The average molecular weight is 417 g/mol. The van der Waals surface area contributed by atoms with Crippen LogP contribution in [0.2, 0.25) is 5.02 Å². The van der Waals surface area contributed by atoms with Gasteiger partial charge < -0.3 is 0 Å². The van der Waals surface area contributed by atoms with Crippen LogP contribution >= 0.6 is 11.6 Å². The summed E-state index contributed by atoms with van der Waals surface area (Å²) in [4.78, 5) is 0.0503. The fourth-order valence-corrected chi connectivity index (χ4v) is 5.07. The van der Waals surface area contributed by atoms with Gasteiger partial charge in [0.2, 0.25) is 20.0 Å². The summed E-state index contributed by atoms with van der Waals surface area (Å²) in [5.74, 6) is 0. The molecule has 142 valence electrons. The maximum Gasteiger partial charge on any atom is 0.243 e. The minimum Gasteiger partial charge on any atom is -0.207 e. The first-order valence-corrected chi connectivity index (χ1v) is 11.4. The molecule has 0 fully saturated rings. The maximum atomic E-state index is 12.4. The summed E-state index contributed by atoms with van der Waals surface area (Å²) in [5, 5.41) is 0.468. The minimum absolute atomic E-state index is 0.0111. The quantitative estimate of drug-likeness (QED) is 0.717. The second kappa shape index (κ2) is 8.49. The van der Waals surface area contributed by atoms with Crippen molar-refractivity contribution in [2.24, 2.45) is 0 Å². The molecule has 26 heavy (non-hydrogen) atoms. The molecule has 0 radical (unpaired) electrons. The Labute approximate surface area is 159 Å². The van der Waals surface area contributed by atoms with Gasteiger partial charge in [0.15, 0.2) is 0 Å². The van der Waals surface area contributed by atoms with Crippen LogP contribution in [0.25, 0.3) is 0 Å². The molecule has 0 amide bonds. The van der Waals surface area contributed by atoms with Gasteiger partial charge in [0.25, 0.3) is 0 Å². The molecule has 0 aliphatic rings. The van der Waals surface area contributed by atoms with Gasteiger partial charge in [-0.2, -0.15) is 4.31 Å². The molecule has 0 atom stereocenters. The smallest absolute Gasteiger partial charge is 0.207 e. The summed E-state index contributed by atoms with van der Waals surface area (Å²) in [5.41, 5.74) is 0.651. The molecular formula is C17H21ClN2O4S2. The Morgan fingerprint density at radius 2 is 1.42 bits per heavy atom. The molecule has 0 heterocycles. The van der Waals surface area contributed by atoms with Crippen molar-refractivity contribution in [2.45, 2.75) is 30.2 Å². The second-order valence-corrected chi connectivity index (χ2v) is 9.59. The standard InChI is InChI=1S/C17H21ClN2O4S2/c1-3-20(4-2)26(23,24)16-11-9-15(10-12-16)25(21,22)19-13-14-7-5-6-8-17(14)18/h5-12,19H,3-4,13H2,1-2H3. The van der Waals surface area contributed by atoms with Crippen LogP contribution in [-0.2, 0) is 26.6 Å². The molecule has 0 aromatic heterocycles. The van der Waals surface area contributed by atoms with Crippen molar-refractivity contribution in [1.29, 1.82) is 0 Å². The minimum atomic E-state index is -3.79. The van der Waals surface area contributed by atoms with E-state index in [2.05, 4.69) is 4.72 Å². The van der Waals surface area contributed by atoms with Crippen molar-refractivity contribution in [2.75, 3.05) is 13.1 Å². The zero-order chi connectivity index (χ0) is 19.4. The summed E-state index contributed by atoms with van der Waals surface area (Å²) in [7, 11) is -7.41. The third kappa shape index (κ3) is 4.63. The van der Waals surface area contributed by atoms with Gasteiger partial charge in [0.05, 0.1) is 9.79 Å². The number of sulfonamides is 2. The predicted octanol–water partition coefficient (Wildman–Crippen LogP) is 2.85. The van der Waals surface area contributed by atoms with Gasteiger partial charge in [-0.1, -0.05) is 43.6 Å². The lowest BCUT2D eigenvalue weighted by atomic mass is 10.2. The van der Waals surface area contributed by atoms with Crippen molar-refractivity contribution in [3.05, 3.63) is 59.1 Å². The third-order valence-electron chi connectivity index (χ3n) is 3.89. The molecule has 2 aromatic carbocycles. The number of hydrogen-bond donors (Lipinski definition) is 1. The molecular weight excluding hydrogens is 396 g/mol. The van der Waals surface area contributed by atoms with Crippen molar-refractivity contribution >= 4 is 31.6 Å². The molecule has 0 aliphatic carbocycles. The van der Waals surface area contributed by atoms with E-state index in [-0.39, 0.29) is 16.3 Å². The third-order valence-corrected chi connectivity index (χ3v) is 7.74. The fourth-order valence-electron chi connectivity index (χ4n) is 2.40. The second-order valence-electron chi connectivity index (χ2n) is 5.48. The number of benzene rings is 2. The van der Waals surface area contributed by atoms with Gasteiger partial charge >= 0.3 is 0 Å². The highest BCUT2D eigenvalue weighted by atomic mass is 35.5. The van der Waals surface area contributed by atoms with Crippen molar-refractivity contribution in [3.8, 4) is 0 Å². The largest absolute Gasteiger partial charge is 0.243 e. The van der Waals surface area contributed by atoms with Gasteiger partial charge in [-0.3, -0.25) is 0 Å². The summed E-state index contributed by atoms with van der Waals surface area (Å²) in [6.07, 6.45) is 0. The molecule has 9 heteroatoms. The van der Waals surface area contributed by atoms with E-state index in [9.17, 15) is 16.8 Å². The Hall–Kier alpha value is -1.45. The molecule has 2 aromatic rings. The average Bonchev–Trinajstić information content (AvgIpc) is 2.62. The monoisotopic (exact) mass is 416 g/mol. The van der Waals surface area contributed by atoms with Crippen LogP contribution in [-0.4, -0.2) is 34.2 Å². The van der Waals surface area contributed by atoms with Gasteiger partial charge in [0.1, 0.15) is 0 Å². The topological polar surface area (TPSA) is 83.6 Å². The first-order valence-electron chi connectivity index (χ1n) is 8.05. The van der Waals surface area contributed by atoms with Gasteiger partial charge in [0, 0.05) is 24.7 Å². The highest BCUT2D eigenvalue weighted by Crippen LogP contribution is 2.19. The Morgan fingerprint density at radius 3 is 1.96 bits per heavy atom. The van der Waals surface area contributed by atoms with E-state index in [4.69, 9.17) is 11.6 Å². The molecule has 6 nitrogen and oxygen atoms in total. The zero-order valence-electron chi connectivity index (χ0n) is 14.5. The predicted molar refractivity (Wildman–Crippen MR) is 102 cm³/mol. The number of nitrogens with zero attached hydrogens (tertiary/aromatic N) is 1. The van der Waals surface area contributed by atoms with Crippen LogP contribution in [0.4, 0.5) is 0 Å². The van der Waals surface area contributed by atoms with Crippen LogP contribution in [0, 0.1) is 0 Å². The Kier molecular flexibility index (Phi) is 6.81. The van der Waals surface area contributed by atoms with E-state index in [0.717, 1.165) is 0 Å². The van der Waals surface area contributed by atoms with Crippen molar-refractivity contribution < 1.29 is 16.8 Å². The molecule has 0 saturated heterocycles. The van der Waals surface area contributed by atoms with Gasteiger partial charge in [-0.15, -0.1) is 0 Å². The van der Waals surface area contributed by atoms with Gasteiger partial charge in [-0.05, 0) is 35.9 Å². The SMILES string of the molecule is CCN(CC)S(=O)(=O)c1ccc(S(=O)(=O)NCc2ccccc2Cl)cc1. The highest BCUT2D eigenvalue weighted by molar-refractivity contribution is 7.89. The van der Waals surface area contributed by atoms with Crippen LogP contribution < -0.4 is 4.72 Å². The van der Waals surface area contributed by atoms with E-state index in [0.29, 0.717) is 23.7 Å². The first-order chi connectivity index (χ1) is 12.2. The zero-order valence-corrected chi connectivity index (χ0v) is 16.9. The lowest BCUT2D eigenvalue weighted by Gasteiger charge is -2.18. The van der Waals surface area contributed by atoms with E-state index in [1.165, 1.54) is 28.6 Å². The normalized spacial score (nSPS) is 12.5. The van der Waals surface area contributed by atoms with Crippen molar-refractivity contribution in [1.82, 2.24) is 9.03 Å². The lowest BCUT2D eigenvalue weighted by molar-refractivity contribution is 0.445. The summed E-state index contributed by atoms with van der Waals surface area (Å²) >= 11 is 6.02. The molecule has 1 N–H and O–H groups in total. The highest BCUT2D eigenvalue weighted by Gasteiger charge is 2.22. The summed E-state index contributed by atoms with van der Waals surface area (Å²) in [6.45, 7) is 4.23. The van der Waals surface area contributed by atoms with Crippen LogP contribution in [0.5, 0.6) is 0 Å². The Bertz CT molecular complexity index is 955. The Morgan fingerprint density at radius 1 is 0.885 bits per heavy atom. The van der Waals surface area contributed by atoms with E-state index in [1.54, 1.807) is 38.1 Å². The van der Waals surface area contributed by atoms with Gasteiger partial charge in [-0.25, -0.2) is 21.6 Å². The fraction of sp³-hybridized carbons (Fsp3) is 0.294. The van der Waals surface area contributed by atoms with Crippen LogP contribution in [0.3, 0.4) is 0 Å². The van der Waals surface area contributed by atoms with Crippen LogP contribution in [0.1, 0.15) is 19.4 Å². The van der Waals surface area contributed by atoms with E-state index < -0.39 is 20.0 Å². The first kappa shape index (κ1) is 20.9. The molecule has 0 spiro atoms. The molecule has 2 rings (SSSR count). The summed E-state index contributed by atoms with van der Waals surface area (Å²) < 4.78 is 53.5. The lowest BCUT2D eigenvalue weighted by Crippen LogP contribution is -2.30. The number of halogens is 1. The number of rotatable bonds is 8.